The summed E-state index contributed by atoms with van der Waals surface area (Å²) >= 11 is 5.87. The summed E-state index contributed by atoms with van der Waals surface area (Å²) < 4.78 is 1.74. The van der Waals surface area contributed by atoms with Gasteiger partial charge in [0.15, 0.2) is 5.65 Å². The zero-order valence-electron chi connectivity index (χ0n) is 11.6. The van der Waals surface area contributed by atoms with Crippen LogP contribution in [0.4, 0.5) is 5.95 Å². The first-order valence-electron chi connectivity index (χ1n) is 6.61. The Morgan fingerprint density at radius 1 is 1.45 bits per heavy atom. The van der Waals surface area contributed by atoms with Gasteiger partial charge in [0, 0.05) is 32.3 Å². The van der Waals surface area contributed by atoms with Gasteiger partial charge in [-0.05, 0) is 19.9 Å². The lowest BCUT2D eigenvalue weighted by Crippen LogP contribution is -2.31. The van der Waals surface area contributed by atoms with E-state index in [1.54, 1.807) is 21.7 Å². The Bertz CT molecular complexity index is 620. The molecule has 108 valence electrons. The van der Waals surface area contributed by atoms with E-state index < -0.39 is 0 Å². The molecule has 0 saturated carbocycles. The molecule has 0 aliphatic rings. The normalized spacial score (nSPS) is 10.9. The van der Waals surface area contributed by atoms with Gasteiger partial charge >= 0.3 is 0 Å². The number of hydrogen-bond acceptors (Lipinski definition) is 4. The van der Waals surface area contributed by atoms with Crippen molar-refractivity contribution in [3.05, 3.63) is 17.3 Å². The average molecular weight is 296 g/mol. The second-order valence-corrected chi connectivity index (χ2v) is 4.87. The molecule has 0 saturated heterocycles. The minimum atomic E-state index is 0.102. The molecule has 0 atom stereocenters. The van der Waals surface area contributed by atoms with Gasteiger partial charge in [0.05, 0.1) is 5.02 Å². The van der Waals surface area contributed by atoms with Crippen molar-refractivity contribution in [1.82, 2.24) is 19.4 Å². The Morgan fingerprint density at radius 3 is 2.80 bits per heavy atom. The van der Waals surface area contributed by atoms with Gasteiger partial charge in [-0.2, -0.15) is 0 Å². The third-order valence-corrected chi connectivity index (χ3v) is 3.45. The van der Waals surface area contributed by atoms with Crippen LogP contribution in [0.3, 0.4) is 0 Å². The van der Waals surface area contributed by atoms with Gasteiger partial charge in [0.1, 0.15) is 5.52 Å². The number of imidazole rings is 1. The lowest BCUT2D eigenvalue weighted by molar-refractivity contribution is -0.131. The third-order valence-electron chi connectivity index (χ3n) is 3.25. The molecule has 0 spiro atoms. The molecular weight excluding hydrogens is 278 g/mol. The molecule has 6 nitrogen and oxygen atoms in total. The summed E-state index contributed by atoms with van der Waals surface area (Å²) in [5, 5.41) is 0.515. The number of aryl methyl sites for hydroxylation is 1. The van der Waals surface area contributed by atoms with Crippen molar-refractivity contribution in [3.63, 3.8) is 0 Å². The fraction of sp³-hybridized carbons (Fsp3) is 0.462. The smallest absolute Gasteiger partial charge is 0.224 e. The van der Waals surface area contributed by atoms with E-state index in [0.29, 0.717) is 48.2 Å². The Balaban J connectivity index is 2.18. The van der Waals surface area contributed by atoms with E-state index in [0.717, 1.165) is 0 Å². The third kappa shape index (κ3) is 2.85. The monoisotopic (exact) mass is 295 g/mol. The van der Waals surface area contributed by atoms with E-state index >= 15 is 0 Å². The van der Waals surface area contributed by atoms with Crippen molar-refractivity contribution < 1.29 is 4.79 Å². The molecule has 7 heteroatoms. The quantitative estimate of drug-likeness (QED) is 0.914. The van der Waals surface area contributed by atoms with Crippen LogP contribution in [-0.2, 0) is 11.3 Å². The Morgan fingerprint density at radius 2 is 2.15 bits per heavy atom. The minimum absolute atomic E-state index is 0.102. The molecule has 0 aromatic carbocycles. The van der Waals surface area contributed by atoms with Crippen LogP contribution in [0.15, 0.2) is 12.3 Å². The number of amides is 1. The summed E-state index contributed by atoms with van der Waals surface area (Å²) in [6.07, 6.45) is 1.93. The minimum Gasteiger partial charge on any atom is -0.369 e. The number of rotatable bonds is 5. The van der Waals surface area contributed by atoms with Crippen molar-refractivity contribution >= 4 is 34.6 Å². The average Bonchev–Trinajstić information content (AvgIpc) is 2.72. The van der Waals surface area contributed by atoms with Crippen LogP contribution in [0.5, 0.6) is 0 Å². The van der Waals surface area contributed by atoms with Crippen molar-refractivity contribution in [3.8, 4) is 0 Å². The zero-order chi connectivity index (χ0) is 14.7. The molecule has 0 radical (unpaired) electrons. The highest BCUT2D eigenvalue weighted by molar-refractivity contribution is 6.31. The summed E-state index contributed by atoms with van der Waals surface area (Å²) in [7, 11) is 0. The fourth-order valence-electron chi connectivity index (χ4n) is 2.17. The molecule has 2 heterocycles. The maximum absolute atomic E-state index is 12.0. The molecule has 1 amide bonds. The number of nitrogens with zero attached hydrogens (tertiary/aromatic N) is 4. The summed E-state index contributed by atoms with van der Waals surface area (Å²) in [6, 6.07) is 1.71. The number of fused-ring (bicyclic) bond motifs is 1. The van der Waals surface area contributed by atoms with E-state index in [1.807, 2.05) is 13.8 Å². The predicted octanol–water partition coefficient (Wildman–Crippen LogP) is 1.93. The Labute approximate surface area is 122 Å². The van der Waals surface area contributed by atoms with Crippen molar-refractivity contribution in [1.29, 1.82) is 0 Å². The summed E-state index contributed by atoms with van der Waals surface area (Å²) in [5.74, 6) is 0.451. The lowest BCUT2D eigenvalue weighted by atomic mass is 10.3. The van der Waals surface area contributed by atoms with E-state index in [1.165, 1.54) is 0 Å². The fourth-order valence-corrected chi connectivity index (χ4v) is 2.32. The molecule has 0 aliphatic heterocycles. The molecule has 2 N–H and O–H groups in total. The van der Waals surface area contributed by atoms with Crippen LogP contribution in [0.25, 0.3) is 11.2 Å². The van der Waals surface area contributed by atoms with E-state index in [9.17, 15) is 4.79 Å². The predicted molar refractivity (Wildman–Crippen MR) is 79.5 cm³/mol. The van der Waals surface area contributed by atoms with Crippen molar-refractivity contribution in [2.24, 2.45) is 0 Å². The number of nitrogen functional groups attached to an aromatic ring is 1. The highest BCUT2D eigenvalue weighted by Crippen LogP contribution is 2.19. The lowest BCUT2D eigenvalue weighted by Gasteiger charge is -2.18. The first-order valence-corrected chi connectivity index (χ1v) is 6.99. The highest BCUT2D eigenvalue weighted by Gasteiger charge is 2.14. The number of nitrogens with two attached hydrogens (primary N) is 1. The van der Waals surface area contributed by atoms with Gasteiger partial charge in [-0.25, -0.2) is 9.97 Å². The number of aromatic nitrogens is 3. The van der Waals surface area contributed by atoms with Crippen LogP contribution >= 0.6 is 11.6 Å². The molecule has 0 aliphatic carbocycles. The number of anilines is 1. The first-order chi connectivity index (χ1) is 9.56. The van der Waals surface area contributed by atoms with Crippen LogP contribution in [0.1, 0.15) is 20.3 Å². The maximum Gasteiger partial charge on any atom is 0.224 e. The van der Waals surface area contributed by atoms with E-state index in [-0.39, 0.29) is 5.91 Å². The van der Waals surface area contributed by atoms with Gasteiger partial charge in [-0.1, -0.05) is 11.6 Å². The van der Waals surface area contributed by atoms with Gasteiger partial charge < -0.3 is 10.6 Å². The summed E-state index contributed by atoms with van der Waals surface area (Å²) in [5.41, 5.74) is 7.17. The molecule has 2 aromatic rings. The highest BCUT2D eigenvalue weighted by atomic mass is 35.5. The van der Waals surface area contributed by atoms with Gasteiger partial charge in [-0.15, -0.1) is 0 Å². The molecule has 0 unspecified atom stereocenters. The number of hydrogen-bond donors (Lipinski definition) is 1. The van der Waals surface area contributed by atoms with E-state index in [4.69, 9.17) is 17.3 Å². The zero-order valence-corrected chi connectivity index (χ0v) is 12.4. The molecule has 20 heavy (non-hydrogen) atoms. The van der Waals surface area contributed by atoms with Gasteiger partial charge in [0.2, 0.25) is 11.9 Å². The van der Waals surface area contributed by atoms with Gasteiger partial charge in [0.25, 0.3) is 0 Å². The number of carbonyl (C=O) groups is 1. The van der Waals surface area contributed by atoms with Crippen LogP contribution in [0.2, 0.25) is 5.02 Å². The summed E-state index contributed by atoms with van der Waals surface area (Å²) in [6.45, 7) is 5.82. The molecule has 2 aromatic heterocycles. The number of carbonyl (C=O) groups excluding carboxylic acids is 1. The van der Waals surface area contributed by atoms with E-state index in [2.05, 4.69) is 9.97 Å². The van der Waals surface area contributed by atoms with Crippen molar-refractivity contribution in [2.75, 3.05) is 18.8 Å². The molecular formula is C13H18ClN5O. The Hall–Kier alpha value is -1.82. The summed E-state index contributed by atoms with van der Waals surface area (Å²) in [4.78, 5) is 22.2. The standard InChI is InChI=1S/C13H18ClN5O/c1-3-18(4-2)11(20)5-6-19-12-10(17-13(19)15)7-9(14)8-16-12/h7-8H,3-6H2,1-2H3,(H2,15,17). The first kappa shape index (κ1) is 14.6. The number of halogens is 1. The maximum atomic E-state index is 12.0. The van der Waals surface area contributed by atoms with Crippen LogP contribution in [0, 0.1) is 0 Å². The topological polar surface area (TPSA) is 77.0 Å². The molecule has 0 fully saturated rings. The second kappa shape index (κ2) is 6.09. The largest absolute Gasteiger partial charge is 0.369 e. The van der Waals surface area contributed by atoms with Crippen LogP contribution in [-0.4, -0.2) is 38.4 Å². The van der Waals surface area contributed by atoms with Crippen molar-refractivity contribution in [2.45, 2.75) is 26.8 Å². The van der Waals surface area contributed by atoms with Crippen LogP contribution < -0.4 is 5.73 Å². The Kier molecular flexibility index (Phi) is 4.44. The van der Waals surface area contributed by atoms with Gasteiger partial charge in [-0.3, -0.25) is 9.36 Å². The number of pyridine rings is 1. The molecule has 0 bridgehead atoms. The second-order valence-electron chi connectivity index (χ2n) is 4.43. The molecule has 2 rings (SSSR count). The SMILES string of the molecule is CCN(CC)C(=O)CCn1c(N)nc2cc(Cl)cnc21.